The van der Waals surface area contributed by atoms with Gasteiger partial charge in [0, 0.05) is 5.56 Å². The number of hydrogen-bond acceptors (Lipinski definition) is 5. The lowest BCUT2D eigenvalue weighted by Gasteiger charge is -2.14. The van der Waals surface area contributed by atoms with Crippen molar-refractivity contribution >= 4 is 17.5 Å². The van der Waals surface area contributed by atoms with Gasteiger partial charge in [0.25, 0.3) is 0 Å². The molecule has 0 saturated carbocycles. The number of Topliss-reactive ketones (excluding diaryl/α,β-unsaturated/α-hetero) is 1. The second-order valence-electron chi connectivity index (χ2n) is 6.27. The van der Waals surface area contributed by atoms with E-state index in [0.29, 0.717) is 28.3 Å². The third kappa shape index (κ3) is 4.40. The van der Waals surface area contributed by atoms with Crippen LogP contribution in [0.5, 0.6) is 11.5 Å². The first kappa shape index (κ1) is 19.4. The molecule has 1 aliphatic heterocycles. The molecule has 0 saturated heterocycles. The molecule has 2 heterocycles. The van der Waals surface area contributed by atoms with Gasteiger partial charge in [0.15, 0.2) is 22.4 Å². The van der Waals surface area contributed by atoms with Crippen molar-refractivity contribution in [3.8, 4) is 22.8 Å². The maximum atomic E-state index is 13.1. The third-order valence-corrected chi connectivity index (χ3v) is 5.24. The maximum absolute atomic E-state index is 13.1. The zero-order valence-electron chi connectivity index (χ0n) is 15.0. The summed E-state index contributed by atoms with van der Waals surface area (Å²) >= 11 is 0.970. The predicted octanol–water partition coefficient (Wildman–Crippen LogP) is 4.82. The summed E-state index contributed by atoms with van der Waals surface area (Å²) in [5.41, 5.74) is 1.37. The average molecular weight is 420 g/mol. The van der Waals surface area contributed by atoms with Gasteiger partial charge < -0.3 is 14.0 Å². The van der Waals surface area contributed by atoms with Gasteiger partial charge in [0.05, 0.1) is 17.6 Å². The molecule has 0 aliphatic carbocycles. The molecule has 29 heavy (non-hydrogen) atoms. The first-order valence-corrected chi connectivity index (χ1v) is 9.62. The first-order chi connectivity index (χ1) is 13.9. The van der Waals surface area contributed by atoms with Crippen LogP contribution in [-0.2, 0) is 6.54 Å². The van der Waals surface area contributed by atoms with Crippen molar-refractivity contribution in [1.29, 1.82) is 0 Å². The molecule has 0 spiro atoms. The SMILES string of the molecule is O=C(CSc1ncc(-c2ccccc2)n1CC(F)(F)F)c1ccc2c(c1)OCO2. The fourth-order valence-electron chi connectivity index (χ4n) is 2.93. The number of imidazole rings is 1. The van der Waals surface area contributed by atoms with E-state index in [4.69, 9.17) is 9.47 Å². The standard InChI is InChI=1S/C20H15F3N2O3S/c21-20(22,23)11-25-15(13-4-2-1-3-5-13)9-24-19(25)29-10-16(26)14-6-7-17-18(8-14)28-12-27-17/h1-9H,10-12H2. The number of halogens is 3. The van der Waals surface area contributed by atoms with Crippen molar-refractivity contribution in [2.45, 2.75) is 17.9 Å². The molecular weight excluding hydrogens is 405 g/mol. The fourth-order valence-corrected chi connectivity index (χ4v) is 3.80. The van der Waals surface area contributed by atoms with Crippen LogP contribution in [-0.4, -0.2) is 34.1 Å². The first-order valence-electron chi connectivity index (χ1n) is 8.64. The Hall–Kier alpha value is -2.94. The van der Waals surface area contributed by atoms with Gasteiger partial charge >= 0.3 is 6.18 Å². The Kier molecular flexibility index (Phi) is 5.23. The van der Waals surface area contributed by atoms with Crippen LogP contribution in [0.2, 0.25) is 0 Å². The highest BCUT2D eigenvalue weighted by molar-refractivity contribution is 7.99. The summed E-state index contributed by atoms with van der Waals surface area (Å²) in [5.74, 6) is 0.743. The van der Waals surface area contributed by atoms with Gasteiger partial charge in [0.1, 0.15) is 6.54 Å². The molecule has 1 aliphatic rings. The Morgan fingerprint density at radius 1 is 1.10 bits per heavy atom. The van der Waals surface area contributed by atoms with Crippen LogP contribution < -0.4 is 9.47 Å². The molecule has 9 heteroatoms. The minimum Gasteiger partial charge on any atom is -0.454 e. The van der Waals surface area contributed by atoms with Gasteiger partial charge in [-0.15, -0.1) is 0 Å². The zero-order chi connectivity index (χ0) is 20.4. The molecule has 5 nitrogen and oxygen atoms in total. The van der Waals surface area contributed by atoms with E-state index in [1.54, 1.807) is 48.5 Å². The second-order valence-corrected chi connectivity index (χ2v) is 7.22. The van der Waals surface area contributed by atoms with Crippen molar-refractivity contribution in [1.82, 2.24) is 9.55 Å². The maximum Gasteiger partial charge on any atom is 0.406 e. The minimum absolute atomic E-state index is 0.0528. The lowest BCUT2D eigenvalue weighted by molar-refractivity contribution is -0.141. The Labute approximate surface area is 168 Å². The predicted molar refractivity (Wildman–Crippen MR) is 101 cm³/mol. The average Bonchev–Trinajstić information content (AvgIpc) is 3.32. The number of fused-ring (bicyclic) bond motifs is 1. The number of benzene rings is 2. The highest BCUT2D eigenvalue weighted by Gasteiger charge is 2.31. The Bertz CT molecular complexity index is 1040. The summed E-state index contributed by atoms with van der Waals surface area (Å²) in [7, 11) is 0. The van der Waals surface area contributed by atoms with Gasteiger partial charge in [-0.2, -0.15) is 13.2 Å². The summed E-state index contributed by atoms with van der Waals surface area (Å²) in [4.78, 5) is 16.6. The number of ether oxygens (including phenoxy) is 2. The minimum atomic E-state index is -4.42. The fraction of sp³-hybridized carbons (Fsp3) is 0.200. The number of aromatic nitrogens is 2. The van der Waals surface area contributed by atoms with E-state index in [9.17, 15) is 18.0 Å². The van der Waals surface area contributed by atoms with E-state index in [2.05, 4.69) is 4.98 Å². The molecule has 0 bridgehead atoms. The van der Waals surface area contributed by atoms with E-state index in [1.807, 2.05) is 0 Å². The molecule has 3 aromatic rings. The summed E-state index contributed by atoms with van der Waals surface area (Å²) in [6.07, 6.45) is -3.02. The molecule has 0 radical (unpaired) electrons. The lowest BCUT2D eigenvalue weighted by atomic mass is 10.1. The van der Waals surface area contributed by atoms with Crippen molar-refractivity contribution in [3.63, 3.8) is 0 Å². The molecule has 0 atom stereocenters. The molecule has 0 amide bonds. The summed E-state index contributed by atoms with van der Waals surface area (Å²) in [5, 5.41) is 0.135. The van der Waals surface area contributed by atoms with E-state index < -0.39 is 12.7 Å². The van der Waals surface area contributed by atoms with Crippen LogP contribution in [0.4, 0.5) is 13.2 Å². The number of hydrogen-bond donors (Lipinski definition) is 0. The number of ketones is 1. The van der Waals surface area contributed by atoms with Crippen LogP contribution in [0.3, 0.4) is 0 Å². The monoisotopic (exact) mass is 420 g/mol. The Morgan fingerprint density at radius 2 is 1.86 bits per heavy atom. The van der Waals surface area contributed by atoms with Crippen LogP contribution in [0.25, 0.3) is 11.3 Å². The molecule has 0 unspecified atom stereocenters. The van der Waals surface area contributed by atoms with Crippen molar-refractivity contribution in [2.24, 2.45) is 0 Å². The second kappa shape index (κ2) is 7.82. The Balaban J connectivity index is 1.55. The van der Waals surface area contributed by atoms with Gasteiger partial charge in [-0.3, -0.25) is 4.79 Å². The molecule has 1 aromatic heterocycles. The Morgan fingerprint density at radius 3 is 2.62 bits per heavy atom. The van der Waals surface area contributed by atoms with Gasteiger partial charge in [-0.1, -0.05) is 42.1 Å². The molecule has 0 fully saturated rings. The largest absolute Gasteiger partial charge is 0.454 e. The lowest BCUT2D eigenvalue weighted by Crippen LogP contribution is -2.19. The molecular formula is C20H15F3N2O3S. The van der Waals surface area contributed by atoms with Crippen LogP contribution in [0.15, 0.2) is 59.9 Å². The van der Waals surface area contributed by atoms with Crippen LogP contribution in [0.1, 0.15) is 10.4 Å². The van der Waals surface area contributed by atoms with E-state index in [1.165, 1.54) is 6.20 Å². The van der Waals surface area contributed by atoms with Crippen molar-refractivity contribution in [3.05, 3.63) is 60.3 Å². The molecule has 150 valence electrons. The summed E-state index contributed by atoms with van der Waals surface area (Å²) < 4.78 is 51.0. The summed E-state index contributed by atoms with van der Waals surface area (Å²) in [6, 6.07) is 13.5. The zero-order valence-corrected chi connectivity index (χ0v) is 15.8. The number of carbonyl (C=O) groups is 1. The van der Waals surface area contributed by atoms with Gasteiger partial charge in [0.2, 0.25) is 6.79 Å². The van der Waals surface area contributed by atoms with E-state index in [-0.39, 0.29) is 23.5 Å². The third-order valence-electron chi connectivity index (χ3n) is 4.25. The highest BCUT2D eigenvalue weighted by atomic mass is 32.2. The topological polar surface area (TPSA) is 53.4 Å². The number of rotatable bonds is 6. The molecule has 0 N–H and O–H groups in total. The molecule has 2 aromatic carbocycles. The number of thioether (sulfide) groups is 1. The van der Waals surface area contributed by atoms with Crippen molar-refractivity contribution in [2.75, 3.05) is 12.5 Å². The number of carbonyl (C=O) groups excluding carboxylic acids is 1. The normalized spacial score (nSPS) is 12.9. The summed E-state index contributed by atoms with van der Waals surface area (Å²) in [6.45, 7) is -1.09. The van der Waals surface area contributed by atoms with Gasteiger partial charge in [-0.25, -0.2) is 4.98 Å². The van der Waals surface area contributed by atoms with Gasteiger partial charge in [-0.05, 0) is 23.8 Å². The van der Waals surface area contributed by atoms with Crippen molar-refractivity contribution < 1.29 is 27.4 Å². The molecule has 4 rings (SSSR count). The van der Waals surface area contributed by atoms with E-state index in [0.717, 1.165) is 16.3 Å². The number of nitrogens with zero attached hydrogens (tertiary/aromatic N) is 2. The van der Waals surface area contributed by atoms with Crippen LogP contribution >= 0.6 is 11.8 Å². The van der Waals surface area contributed by atoms with E-state index >= 15 is 0 Å². The number of alkyl halides is 3. The smallest absolute Gasteiger partial charge is 0.406 e. The quantitative estimate of drug-likeness (QED) is 0.423. The van der Waals surface area contributed by atoms with Crippen LogP contribution in [0, 0.1) is 0 Å². The highest BCUT2D eigenvalue weighted by Crippen LogP contribution is 2.34.